The van der Waals surface area contributed by atoms with Crippen molar-refractivity contribution in [2.75, 3.05) is 0 Å². The first-order valence-corrected chi connectivity index (χ1v) is 14.2. The van der Waals surface area contributed by atoms with E-state index in [2.05, 4.69) is 16.7 Å². The first kappa shape index (κ1) is 35.3. The standard InChI is InChI=1S/C33H42N4O7/c1-8-37(29(40)24(19-20-26(34)38)36-31(42)44-33(5,6)7)27(23-17-13-10-14-18-23)28(39)35-25(30(41)43-32(2,3)4)21-22-15-11-9-12-16-22/h1,9-18,24-25,27H,19-21H2,2-7H3,(H2,34,38)(H,35,39)(H,36,42). The fourth-order valence-corrected chi connectivity index (χ4v) is 4.15. The number of benzene rings is 2. The first-order chi connectivity index (χ1) is 20.5. The molecule has 2 aromatic carbocycles. The number of rotatable bonds is 12. The zero-order chi connectivity index (χ0) is 33.1. The Morgan fingerprint density at radius 3 is 1.89 bits per heavy atom. The second-order valence-electron chi connectivity index (χ2n) is 12.1. The van der Waals surface area contributed by atoms with E-state index in [4.69, 9.17) is 21.6 Å². The molecule has 11 nitrogen and oxygen atoms in total. The smallest absolute Gasteiger partial charge is 0.408 e. The number of carbonyl (C=O) groups excluding carboxylic acids is 5. The molecule has 0 saturated heterocycles. The summed E-state index contributed by atoms with van der Waals surface area (Å²) in [7, 11) is 0. The molecule has 3 unspecified atom stereocenters. The van der Waals surface area contributed by atoms with Crippen LogP contribution in [0.3, 0.4) is 0 Å². The second-order valence-corrected chi connectivity index (χ2v) is 12.1. The Balaban J connectivity index is 2.50. The predicted molar refractivity (Wildman–Crippen MR) is 164 cm³/mol. The number of alkyl carbamates (subject to hydrolysis) is 1. The van der Waals surface area contributed by atoms with Crippen molar-refractivity contribution in [2.24, 2.45) is 5.73 Å². The molecule has 44 heavy (non-hydrogen) atoms. The number of hydrogen-bond acceptors (Lipinski definition) is 7. The average molecular weight is 607 g/mol. The quantitative estimate of drug-likeness (QED) is 0.190. The van der Waals surface area contributed by atoms with Gasteiger partial charge in [-0.05, 0) is 59.1 Å². The van der Waals surface area contributed by atoms with Crippen LogP contribution in [-0.4, -0.2) is 58.0 Å². The van der Waals surface area contributed by atoms with Crippen molar-refractivity contribution in [3.63, 3.8) is 0 Å². The van der Waals surface area contributed by atoms with Crippen molar-refractivity contribution < 1.29 is 33.4 Å². The number of hydrogen-bond donors (Lipinski definition) is 3. The first-order valence-electron chi connectivity index (χ1n) is 14.2. The lowest BCUT2D eigenvalue weighted by molar-refractivity contribution is -0.159. The van der Waals surface area contributed by atoms with Crippen LogP contribution in [0.2, 0.25) is 0 Å². The molecule has 0 aromatic heterocycles. The molecule has 4 N–H and O–H groups in total. The molecule has 0 saturated carbocycles. The Bertz CT molecular complexity index is 1340. The van der Waals surface area contributed by atoms with Crippen LogP contribution in [0.25, 0.3) is 0 Å². The number of nitrogens with two attached hydrogens (primary N) is 1. The van der Waals surface area contributed by atoms with Crippen LogP contribution in [0, 0.1) is 12.5 Å². The summed E-state index contributed by atoms with van der Waals surface area (Å²) in [6.45, 7) is 10.1. The Labute approximate surface area is 258 Å². The summed E-state index contributed by atoms with van der Waals surface area (Å²) in [5, 5.41) is 5.17. The van der Waals surface area contributed by atoms with Gasteiger partial charge in [0.05, 0.1) is 0 Å². The molecule has 2 rings (SSSR count). The molecule has 4 amide bonds. The van der Waals surface area contributed by atoms with Crippen LogP contribution in [-0.2, 0) is 35.1 Å². The number of nitrogens with zero attached hydrogens (tertiary/aromatic N) is 1. The highest BCUT2D eigenvalue weighted by atomic mass is 16.6. The van der Waals surface area contributed by atoms with Crippen molar-refractivity contribution in [3.8, 4) is 12.5 Å². The molecule has 0 radical (unpaired) electrons. The van der Waals surface area contributed by atoms with Gasteiger partial charge in [-0.3, -0.25) is 19.3 Å². The Morgan fingerprint density at radius 2 is 1.39 bits per heavy atom. The van der Waals surface area contributed by atoms with E-state index in [9.17, 15) is 24.0 Å². The van der Waals surface area contributed by atoms with Crippen LogP contribution in [0.4, 0.5) is 4.79 Å². The van der Waals surface area contributed by atoms with Crippen molar-refractivity contribution >= 4 is 29.8 Å². The number of terminal acetylenes is 1. The predicted octanol–water partition coefficient (Wildman–Crippen LogP) is 3.38. The minimum Gasteiger partial charge on any atom is -0.458 e. The third-order valence-corrected chi connectivity index (χ3v) is 5.96. The molecule has 0 aliphatic carbocycles. The normalized spacial score (nSPS) is 13.3. The number of nitrogens with one attached hydrogen (secondary N) is 2. The molecule has 236 valence electrons. The lowest BCUT2D eigenvalue weighted by Crippen LogP contribution is -2.53. The van der Waals surface area contributed by atoms with Gasteiger partial charge in [-0.15, -0.1) is 0 Å². The van der Waals surface area contributed by atoms with E-state index in [1.807, 2.05) is 6.07 Å². The van der Waals surface area contributed by atoms with E-state index in [1.165, 1.54) is 0 Å². The molecule has 0 fully saturated rings. The minimum absolute atomic E-state index is 0.106. The highest BCUT2D eigenvalue weighted by molar-refractivity contribution is 5.95. The van der Waals surface area contributed by atoms with Crippen molar-refractivity contribution in [1.82, 2.24) is 15.5 Å². The van der Waals surface area contributed by atoms with Gasteiger partial charge in [-0.1, -0.05) is 67.1 Å². The zero-order valence-electron chi connectivity index (χ0n) is 26.1. The molecular weight excluding hydrogens is 564 g/mol. The van der Waals surface area contributed by atoms with Gasteiger partial charge in [0.25, 0.3) is 5.91 Å². The summed E-state index contributed by atoms with van der Waals surface area (Å²) < 4.78 is 10.9. The summed E-state index contributed by atoms with van der Waals surface area (Å²) in [6, 6.07) is 15.6. The van der Waals surface area contributed by atoms with Gasteiger partial charge in [-0.2, -0.15) is 0 Å². The Hall–Kier alpha value is -4.85. The van der Waals surface area contributed by atoms with E-state index in [1.54, 1.807) is 96.1 Å². The molecule has 0 spiro atoms. The maximum atomic E-state index is 14.0. The summed E-state index contributed by atoms with van der Waals surface area (Å²) in [4.78, 5) is 66.2. The van der Waals surface area contributed by atoms with Crippen LogP contribution < -0.4 is 16.4 Å². The topological polar surface area (TPSA) is 157 Å². The summed E-state index contributed by atoms with van der Waals surface area (Å²) >= 11 is 0. The molecule has 3 atom stereocenters. The van der Waals surface area contributed by atoms with Gasteiger partial charge in [0.2, 0.25) is 11.8 Å². The third-order valence-electron chi connectivity index (χ3n) is 5.96. The Morgan fingerprint density at radius 1 is 0.841 bits per heavy atom. The summed E-state index contributed by atoms with van der Waals surface area (Å²) in [6.07, 6.45) is 4.54. The van der Waals surface area contributed by atoms with Crippen molar-refractivity contribution in [2.45, 2.75) is 90.1 Å². The lowest BCUT2D eigenvalue weighted by Gasteiger charge is -2.31. The highest BCUT2D eigenvalue weighted by Crippen LogP contribution is 2.24. The average Bonchev–Trinajstić information content (AvgIpc) is 2.92. The maximum absolute atomic E-state index is 14.0. The minimum atomic E-state index is -1.43. The van der Waals surface area contributed by atoms with Gasteiger partial charge < -0.3 is 25.8 Å². The van der Waals surface area contributed by atoms with Gasteiger partial charge in [0, 0.05) is 18.9 Å². The fraction of sp³-hybridized carbons (Fsp3) is 0.424. The van der Waals surface area contributed by atoms with E-state index in [-0.39, 0.29) is 19.3 Å². The fourth-order valence-electron chi connectivity index (χ4n) is 4.15. The maximum Gasteiger partial charge on any atom is 0.408 e. The largest absolute Gasteiger partial charge is 0.458 e. The van der Waals surface area contributed by atoms with Crippen LogP contribution in [0.5, 0.6) is 0 Å². The van der Waals surface area contributed by atoms with Crippen molar-refractivity contribution in [1.29, 1.82) is 0 Å². The van der Waals surface area contributed by atoms with Crippen molar-refractivity contribution in [3.05, 3.63) is 71.8 Å². The number of carbonyl (C=O) groups is 5. The Kier molecular flexibility index (Phi) is 12.5. The van der Waals surface area contributed by atoms with Gasteiger partial charge in [0.15, 0.2) is 0 Å². The SMILES string of the molecule is C#CN(C(=O)C(CCC(N)=O)NC(=O)OC(C)(C)C)C(C(=O)NC(Cc1ccccc1)C(=O)OC(C)(C)C)c1ccccc1. The molecule has 0 aliphatic heterocycles. The molecule has 0 bridgehead atoms. The zero-order valence-corrected chi connectivity index (χ0v) is 26.1. The van der Waals surface area contributed by atoms with Gasteiger partial charge >= 0.3 is 12.1 Å². The van der Waals surface area contributed by atoms with Crippen LogP contribution in [0.1, 0.15) is 71.6 Å². The highest BCUT2D eigenvalue weighted by Gasteiger charge is 2.38. The van der Waals surface area contributed by atoms with Gasteiger partial charge in [-0.25, -0.2) is 9.59 Å². The monoisotopic (exact) mass is 606 g/mol. The molecule has 0 heterocycles. The molecule has 2 aromatic rings. The van der Waals surface area contributed by atoms with E-state index in [0.717, 1.165) is 10.5 Å². The van der Waals surface area contributed by atoms with Crippen LogP contribution >= 0.6 is 0 Å². The van der Waals surface area contributed by atoms with E-state index < -0.39 is 59.1 Å². The summed E-state index contributed by atoms with van der Waals surface area (Å²) in [5.41, 5.74) is 4.70. The lowest BCUT2D eigenvalue weighted by atomic mass is 10.0. The van der Waals surface area contributed by atoms with Gasteiger partial charge in [0.1, 0.15) is 29.3 Å². The van der Waals surface area contributed by atoms with E-state index in [0.29, 0.717) is 5.56 Å². The molecular formula is C33H42N4O7. The number of primary amides is 1. The third kappa shape index (κ3) is 11.8. The molecule has 11 heteroatoms. The number of ether oxygens (including phenoxy) is 2. The van der Waals surface area contributed by atoms with Crippen LogP contribution in [0.15, 0.2) is 60.7 Å². The second kappa shape index (κ2) is 15.6. The number of esters is 1. The number of amides is 4. The molecule has 0 aliphatic rings. The van der Waals surface area contributed by atoms with E-state index >= 15 is 0 Å². The summed E-state index contributed by atoms with van der Waals surface area (Å²) in [5.74, 6) is -3.01.